The first-order valence-corrected chi connectivity index (χ1v) is 16.9. The van der Waals surface area contributed by atoms with Gasteiger partial charge in [-0.15, -0.1) is 11.3 Å². The first-order valence-electron chi connectivity index (χ1n) is 14.4. The van der Waals surface area contributed by atoms with Crippen molar-refractivity contribution in [3.05, 3.63) is 34.7 Å². The molecule has 1 unspecified atom stereocenters. The maximum Gasteiger partial charge on any atom is 0.363 e. The molecule has 2 aromatic rings. The molecule has 1 saturated carbocycles. The molecule has 0 spiro atoms. The molecule has 8 atom stereocenters. The van der Waals surface area contributed by atoms with Gasteiger partial charge in [0.25, 0.3) is 5.91 Å². The normalized spacial score (nSPS) is 31.2. The number of amides is 4. The molecule has 11 nitrogen and oxygen atoms in total. The van der Waals surface area contributed by atoms with Gasteiger partial charge in [-0.05, 0) is 73.1 Å². The Morgan fingerprint density at radius 2 is 1.81 bits per heavy atom. The first kappa shape index (κ1) is 30.1. The van der Waals surface area contributed by atoms with E-state index in [1.807, 2.05) is 0 Å². The molecule has 4 N–H and O–H groups in total. The molecule has 4 fully saturated rings. The van der Waals surface area contributed by atoms with Gasteiger partial charge in [0.05, 0.1) is 17.5 Å². The first-order chi connectivity index (χ1) is 20.3. The molecule has 1 aliphatic carbocycles. The summed E-state index contributed by atoms with van der Waals surface area (Å²) in [5, 5.41) is 6.01. The lowest BCUT2D eigenvalue weighted by Gasteiger charge is -2.35. The second-order valence-corrected chi connectivity index (χ2v) is 14.8. The molecule has 1 aromatic heterocycles. The minimum Gasteiger partial charge on any atom is -0.347 e. The van der Waals surface area contributed by atoms with Crippen LogP contribution >= 0.6 is 18.9 Å². The minimum atomic E-state index is -5.00. The zero-order valence-electron chi connectivity index (χ0n) is 23.3. The lowest BCUT2D eigenvalue weighted by Crippen LogP contribution is -2.58. The van der Waals surface area contributed by atoms with Gasteiger partial charge in [-0.3, -0.25) is 23.7 Å². The Bertz CT molecular complexity index is 1530. The Kier molecular flexibility index (Phi) is 7.85. The summed E-state index contributed by atoms with van der Waals surface area (Å²) in [4.78, 5) is 73.9. The summed E-state index contributed by atoms with van der Waals surface area (Å²) >= 11 is 1.11. The standard InChI is InChI=1S/C28H33F2N4O7PS/c1-13(35)33-11-19(29)21(12-33)32-26(36)22-4-3-18-8-15-7-16(15)9-20(28(38)34(18)22)31-27(37)24-10-17-6-14(2-5-23(17)43-24)25(30)42(39,40)41/h2,5-6,10,15-16,18-22,25H,3-4,7-9,11-12H2,1H3,(H,31,37)(H,32,36)(H2,39,40,41)/t15-,16+,18+,19-,20-,21-,22-,25?/m0/s1. The topological polar surface area (TPSA) is 156 Å². The zero-order valence-corrected chi connectivity index (χ0v) is 25.0. The maximum atomic E-state index is 14.6. The monoisotopic (exact) mass is 638 g/mol. The number of hydrogen-bond acceptors (Lipinski definition) is 6. The Balaban J connectivity index is 1.18. The van der Waals surface area contributed by atoms with E-state index in [1.165, 1.54) is 36.1 Å². The third kappa shape index (κ3) is 5.94. The van der Waals surface area contributed by atoms with E-state index in [0.29, 0.717) is 35.3 Å². The maximum absolute atomic E-state index is 14.6. The van der Waals surface area contributed by atoms with E-state index in [4.69, 9.17) is 0 Å². The number of rotatable bonds is 6. The van der Waals surface area contributed by atoms with E-state index < -0.39 is 49.6 Å². The summed E-state index contributed by atoms with van der Waals surface area (Å²) in [6, 6.07) is 2.84. The van der Waals surface area contributed by atoms with Crippen LogP contribution < -0.4 is 10.6 Å². The van der Waals surface area contributed by atoms with Gasteiger partial charge in [0, 0.05) is 24.2 Å². The molecule has 43 heavy (non-hydrogen) atoms. The summed E-state index contributed by atoms with van der Waals surface area (Å²) in [6.07, 6.45) is 1.77. The Labute approximate surface area is 250 Å². The predicted octanol–water partition coefficient (Wildman–Crippen LogP) is 2.62. The number of benzene rings is 1. The SMILES string of the molecule is CC(=O)N1C[C@H](NC(=O)[C@@H]2CC[C@@H]3C[C@@H]4C[C@@H]4C[C@H](NC(=O)c4cc5cc(C(F)P(=O)(O)O)ccc5s4)C(=O)N32)[C@@H](F)C1. The van der Waals surface area contributed by atoms with E-state index in [9.17, 15) is 42.3 Å². The van der Waals surface area contributed by atoms with Crippen LogP contribution in [-0.4, -0.2) is 86.6 Å². The van der Waals surface area contributed by atoms with Gasteiger partial charge in [-0.1, -0.05) is 6.07 Å². The third-order valence-electron chi connectivity index (χ3n) is 9.20. The van der Waals surface area contributed by atoms with E-state index in [0.717, 1.165) is 24.2 Å². The van der Waals surface area contributed by atoms with Crippen molar-refractivity contribution in [1.82, 2.24) is 20.4 Å². The van der Waals surface area contributed by atoms with Crippen molar-refractivity contribution in [3.8, 4) is 0 Å². The molecular weight excluding hydrogens is 605 g/mol. The summed E-state index contributed by atoms with van der Waals surface area (Å²) in [7, 11) is -5.00. The molecule has 15 heteroatoms. The van der Waals surface area contributed by atoms with Crippen molar-refractivity contribution >= 4 is 52.6 Å². The smallest absolute Gasteiger partial charge is 0.347 e. The second-order valence-electron chi connectivity index (χ2n) is 12.1. The molecule has 232 valence electrons. The second kappa shape index (κ2) is 11.2. The molecule has 0 radical (unpaired) electrons. The Morgan fingerprint density at radius 3 is 2.51 bits per heavy atom. The number of fused-ring (bicyclic) bond motifs is 3. The number of hydrogen-bond donors (Lipinski definition) is 4. The van der Waals surface area contributed by atoms with Crippen molar-refractivity contribution in [2.45, 2.75) is 75.3 Å². The van der Waals surface area contributed by atoms with Crippen LogP contribution in [-0.2, 0) is 18.9 Å². The van der Waals surface area contributed by atoms with Gasteiger partial charge in [0.2, 0.25) is 23.6 Å². The van der Waals surface area contributed by atoms with Crippen LogP contribution in [0, 0.1) is 11.8 Å². The fraction of sp³-hybridized carbons (Fsp3) is 0.571. The molecule has 6 rings (SSSR count). The quantitative estimate of drug-likeness (QED) is 0.355. The fourth-order valence-electron chi connectivity index (χ4n) is 6.83. The van der Waals surface area contributed by atoms with Gasteiger partial charge in [0.1, 0.15) is 18.3 Å². The number of carbonyl (C=O) groups is 4. The van der Waals surface area contributed by atoms with E-state index in [2.05, 4.69) is 10.6 Å². The average Bonchev–Trinajstić information content (AvgIpc) is 3.26. The van der Waals surface area contributed by atoms with Crippen LogP contribution in [0.25, 0.3) is 10.1 Å². The molecule has 3 saturated heterocycles. The van der Waals surface area contributed by atoms with Crippen LogP contribution in [0.2, 0.25) is 0 Å². The molecule has 1 aromatic carbocycles. The highest BCUT2D eigenvalue weighted by atomic mass is 32.1. The highest BCUT2D eigenvalue weighted by Crippen LogP contribution is 2.53. The molecule has 4 heterocycles. The van der Waals surface area contributed by atoms with Crippen LogP contribution in [0.4, 0.5) is 8.78 Å². The number of halogens is 2. The van der Waals surface area contributed by atoms with Crippen molar-refractivity contribution in [2.75, 3.05) is 13.1 Å². The number of alkyl halides is 2. The summed E-state index contributed by atoms with van der Waals surface area (Å²) < 4.78 is 40.8. The lowest BCUT2D eigenvalue weighted by atomic mass is 9.99. The van der Waals surface area contributed by atoms with Crippen LogP contribution in [0.1, 0.15) is 60.2 Å². The van der Waals surface area contributed by atoms with Gasteiger partial charge < -0.3 is 30.2 Å². The molecule has 3 aliphatic heterocycles. The predicted molar refractivity (Wildman–Crippen MR) is 153 cm³/mol. The van der Waals surface area contributed by atoms with Crippen LogP contribution in [0.5, 0.6) is 0 Å². The van der Waals surface area contributed by atoms with E-state index in [1.54, 1.807) is 4.90 Å². The summed E-state index contributed by atoms with van der Waals surface area (Å²) in [6.45, 7) is 1.32. The zero-order chi connectivity index (χ0) is 30.8. The van der Waals surface area contributed by atoms with Crippen LogP contribution in [0.3, 0.4) is 0 Å². The van der Waals surface area contributed by atoms with Crippen LogP contribution in [0.15, 0.2) is 24.3 Å². The fourth-order valence-corrected chi connectivity index (χ4v) is 8.32. The average molecular weight is 639 g/mol. The Morgan fingerprint density at radius 1 is 1.07 bits per heavy atom. The largest absolute Gasteiger partial charge is 0.363 e. The third-order valence-corrected chi connectivity index (χ3v) is 11.2. The van der Waals surface area contributed by atoms with E-state index in [-0.39, 0.29) is 47.3 Å². The molecule has 4 aliphatic rings. The van der Waals surface area contributed by atoms with Crippen molar-refractivity contribution < 1.29 is 42.3 Å². The number of thiophene rings is 1. The summed E-state index contributed by atoms with van der Waals surface area (Å²) in [5.41, 5.74) is -0.198. The molecular formula is C28H33F2N4O7PS. The highest BCUT2D eigenvalue weighted by Gasteiger charge is 2.52. The highest BCUT2D eigenvalue weighted by molar-refractivity contribution is 7.51. The Hall–Kier alpha value is -2.93. The number of nitrogens with zero attached hydrogens (tertiary/aromatic N) is 2. The number of carbonyl (C=O) groups excluding carboxylic acids is 4. The van der Waals surface area contributed by atoms with Crippen molar-refractivity contribution in [3.63, 3.8) is 0 Å². The lowest BCUT2D eigenvalue weighted by molar-refractivity contribution is -0.143. The van der Waals surface area contributed by atoms with Crippen molar-refractivity contribution in [1.29, 1.82) is 0 Å². The van der Waals surface area contributed by atoms with E-state index >= 15 is 0 Å². The minimum absolute atomic E-state index is 0.0662. The molecule has 0 bridgehead atoms. The molecule has 4 amide bonds. The van der Waals surface area contributed by atoms with Gasteiger partial charge in [-0.25, -0.2) is 8.78 Å². The van der Waals surface area contributed by atoms with Crippen molar-refractivity contribution in [2.24, 2.45) is 11.8 Å². The van der Waals surface area contributed by atoms with Gasteiger partial charge in [-0.2, -0.15) is 0 Å². The number of likely N-dealkylation sites (tertiary alicyclic amines) is 1. The number of nitrogens with one attached hydrogen (secondary N) is 2. The van der Waals surface area contributed by atoms with Gasteiger partial charge >= 0.3 is 7.60 Å². The summed E-state index contributed by atoms with van der Waals surface area (Å²) in [5.74, 6) is -3.42. The van der Waals surface area contributed by atoms with Gasteiger partial charge in [0.15, 0.2) is 0 Å².